The zero-order chi connectivity index (χ0) is 14.4. The Bertz CT molecular complexity index is 536. The molecule has 2 aliphatic rings. The summed E-state index contributed by atoms with van der Waals surface area (Å²) in [6, 6.07) is 8.45. The number of hydrogen-bond acceptors (Lipinski definition) is 2. The van der Waals surface area contributed by atoms with Crippen molar-refractivity contribution in [1.82, 2.24) is 0 Å². The third-order valence-corrected chi connectivity index (χ3v) is 6.10. The fourth-order valence-corrected chi connectivity index (χ4v) is 4.79. The highest BCUT2D eigenvalue weighted by Gasteiger charge is 2.59. The third-order valence-electron chi connectivity index (χ3n) is 6.10. The maximum atomic E-state index is 10.4. The summed E-state index contributed by atoms with van der Waals surface area (Å²) >= 11 is 0. The number of aryl methyl sites for hydroxylation is 1. The van der Waals surface area contributed by atoms with Gasteiger partial charge in [-0.2, -0.15) is 0 Å². The van der Waals surface area contributed by atoms with Crippen LogP contribution in [0.15, 0.2) is 36.4 Å². The molecule has 2 N–H and O–H groups in total. The summed E-state index contributed by atoms with van der Waals surface area (Å²) in [5, 5.41) is 20.6. The lowest BCUT2D eigenvalue weighted by molar-refractivity contribution is -0.0683. The molecule has 1 aromatic rings. The normalized spacial score (nSPS) is 39.2. The lowest BCUT2D eigenvalue weighted by atomic mass is 9.44. The second-order valence-electron chi connectivity index (χ2n) is 6.56. The Kier molecular flexibility index (Phi) is 3.26. The van der Waals surface area contributed by atoms with Gasteiger partial charge in [-0.05, 0) is 35.8 Å². The number of fused-ring (bicyclic) bond motifs is 3. The second-order valence-corrected chi connectivity index (χ2v) is 6.56. The molecular formula is C18H24O2. The standard InChI is InChI=1S/C18H24O2/c1-13-7-8-14(2)18(12-20)16-6-4-3-5-15(16)9-10-17(13,18)11-19/h3-8,13-14,19-20H,9-12H2,1-2H3/t13-,14+,17+,18-/m1/s1. The SMILES string of the molecule is C[C@@H]1C=C[C@H](C)[C@]2(CO)c3ccccc3CC[C@]12CO. The van der Waals surface area contributed by atoms with Gasteiger partial charge in [-0.1, -0.05) is 50.3 Å². The highest BCUT2D eigenvalue weighted by Crippen LogP contribution is 2.60. The highest BCUT2D eigenvalue weighted by molar-refractivity contribution is 5.44. The lowest BCUT2D eigenvalue weighted by Gasteiger charge is -2.60. The topological polar surface area (TPSA) is 40.5 Å². The van der Waals surface area contributed by atoms with E-state index in [0.29, 0.717) is 0 Å². The number of allylic oxidation sites excluding steroid dienone is 2. The largest absolute Gasteiger partial charge is 0.396 e. The van der Waals surface area contributed by atoms with E-state index in [1.54, 1.807) is 0 Å². The molecule has 0 unspecified atom stereocenters. The number of aliphatic hydroxyl groups excluding tert-OH is 2. The Morgan fingerprint density at radius 1 is 1.05 bits per heavy atom. The maximum absolute atomic E-state index is 10.4. The molecule has 0 saturated heterocycles. The van der Waals surface area contributed by atoms with Gasteiger partial charge in [-0.25, -0.2) is 0 Å². The molecule has 108 valence electrons. The predicted octanol–water partition coefficient (Wildman–Crippen LogP) is 2.68. The molecule has 0 spiro atoms. The van der Waals surface area contributed by atoms with Crippen molar-refractivity contribution < 1.29 is 10.2 Å². The van der Waals surface area contributed by atoms with E-state index in [9.17, 15) is 10.2 Å². The van der Waals surface area contributed by atoms with Crippen LogP contribution < -0.4 is 0 Å². The van der Waals surface area contributed by atoms with Crippen LogP contribution in [0.4, 0.5) is 0 Å². The molecule has 3 rings (SSSR count). The summed E-state index contributed by atoms with van der Waals surface area (Å²) in [4.78, 5) is 0. The van der Waals surface area contributed by atoms with Gasteiger partial charge in [0.15, 0.2) is 0 Å². The van der Waals surface area contributed by atoms with Gasteiger partial charge in [0.1, 0.15) is 0 Å². The van der Waals surface area contributed by atoms with Crippen LogP contribution >= 0.6 is 0 Å². The molecule has 1 aromatic carbocycles. The van der Waals surface area contributed by atoms with Crippen LogP contribution in [0.3, 0.4) is 0 Å². The van der Waals surface area contributed by atoms with Crippen molar-refractivity contribution in [3.05, 3.63) is 47.5 Å². The Labute approximate surface area is 121 Å². The summed E-state index contributed by atoms with van der Waals surface area (Å²) in [7, 11) is 0. The number of hydrogen-bond donors (Lipinski definition) is 2. The predicted molar refractivity (Wildman–Crippen MR) is 80.5 cm³/mol. The molecule has 0 radical (unpaired) electrons. The minimum Gasteiger partial charge on any atom is -0.396 e. The summed E-state index contributed by atoms with van der Waals surface area (Å²) in [6.45, 7) is 4.58. The molecule has 0 aliphatic heterocycles. The van der Waals surface area contributed by atoms with E-state index in [1.165, 1.54) is 11.1 Å². The van der Waals surface area contributed by atoms with Gasteiger partial charge in [-0.15, -0.1) is 0 Å². The van der Waals surface area contributed by atoms with E-state index in [4.69, 9.17) is 0 Å². The van der Waals surface area contributed by atoms with E-state index >= 15 is 0 Å². The Morgan fingerprint density at radius 3 is 2.45 bits per heavy atom. The quantitative estimate of drug-likeness (QED) is 0.813. The third kappa shape index (κ3) is 1.47. The Hall–Kier alpha value is -1.12. The first-order valence-corrected chi connectivity index (χ1v) is 7.61. The second kappa shape index (κ2) is 4.71. The van der Waals surface area contributed by atoms with Crippen molar-refractivity contribution in [1.29, 1.82) is 0 Å². The summed E-state index contributed by atoms with van der Waals surface area (Å²) < 4.78 is 0. The molecule has 4 atom stereocenters. The zero-order valence-electron chi connectivity index (χ0n) is 12.3. The molecular weight excluding hydrogens is 248 g/mol. The van der Waals surface area contributed by atoms with Gasteiger partial charge < -0.3 is 10.2 Å². The molecule has 0 saturated carbocycles. The molecule has 0 heterocycles. The van der Waals surface area contributed by atoms with Gasteiger partial charge in [0, 0.05) is 10.8 Å². The van der Waals surface area contributed by atoms with E-state index in [-0.39, 0.29) is 35.9 Å². The molecule has 2 nitrogen and oxygen atoms in total. The number of aliphatic hydroxyl groups is 2. The van der Waals surface area contributed by atoms with Crippen LogP contribution in [0.5, 0.6) is 0 Å². The molecule has 2 aliphatic carbocycles. The van der Waals surface area contributed by atoms with Crippen LogP contribution in [0.2, 0.25) is 0 Å². The molecule has 0 amide bonds. The maximum Gasteiger partial charge on any atom is 0.0540 e. The summed E-state index contributed by atoms with van der Waals surface area (Å²) in [5.41, 5.74) is 1.97. The van der Waals surface area contributed by atoms with Crippen LogP contribution in [-0.2, 0) is 11.8 Å². The Balaban J connectivity index is 2.30. The van der Waals surface area contributed by atoms with Gasteiger partial charge in [0.05, 0.1) is 13.2 Å². The summed E-state index contributed by atoms with van der Waals surface area (Å²) in [5.74, 6) is 0.515. The highest BCUT2D eigenvalue weighted by atomic mass is 16.3. The van der Waals surface area contributed by atoms with E-state index in [2.05, 4.69) is 50.3 Å². The minimum atomic E-state index is -0.356. The first-order chi connectivity index (χ1) is 9.62. The van der Waals surface area contributed by atoms with E-state index < -0.39 is 0 Å². The molecule has 0 bridgehead atoms. The van der Waals surface area contributed by atoms with Crippen LogP contribution in [-0.4, -0.2) is 23.4 Å². The van der Waals surface area contributed by atoms with Crippen molar-refractivity contribution in [3.63, 3.8) is 0 Å². The first-order valence-electron chi connectivity index (χ1n) is 7.61. The van der Waals surface area contributed by atoms with Gasteiger partial charge in [0.25, 0.3) is 0 Å². The van der Waals surface area contributed by atoms with Crippen molar-refractivity contribution in [2.75, 3.05) is 13.2 Å². The fraction of sp³-hybridized carbons (Fsp3) is 0.556. The average molecular weight is 272 g/mol. The van der Waals surface area contributed by atoms with Crippen LogP contribution in [0, 0.1) is 17.3 Å². The molecule has 20 heavy (non-hydrogen) atoms. The average Bonchev–Trinajstić information content (AvgIpc) is 2.50. The van der Waals surface area contributed by atoms with E-state index in [0.717, 1.165) is 12.8 Å². The fourth-order valence-electron chi connectivity index (χ4n) is 4.79. The molecule has 2 heteroatoms. The van der Waals surface area contributed by atoms with Crippen molar-refractivity contribution in [3.8, 4) is 0 Å². The monoisotopic (exact) mass is 272 g/mol. The number of rotatable bonds is 2. The Morgan fingerprint density at radius 2 is 1.75 bits per heavy atom. The van der Waals surface area contributed by atoms with Gasteiger partial charge in [-0.3, -0.25) is 0 Å². The van der Waals surface area contributed by atoms with Crippen molar-refractivity contribution >= 4 is 0 Å². The molecule has 0 aromatic heterocycles. The zero-order valence-corrected chi connectivity index (χ0v) is 12.3. The number of benzene rings is 1. The van der Waals surface area contributed by atoms with Gasteiger partial charge in [0.2, 0.25) is 0 Å². The van der Waals surface area contributed by atoms with Gasteiger partial charge >= 0.3 is 0 Å². The van der Waals surface area contributed by atoms with Crippen LogP contribution in [0.1, 0.15) is 31.4 Å². The summed E-state index contributed by atoms with van der Waals surface area (Å²) in [6.07, 6.45) is 6.37. The first kappa shape index (κ1) is 13.8. The smallest absolute Gasteiger partial charge is 0.0540 e. The molecule has 0 fully saturated rings. The van der Waals surface area contributed by atoms with Crippen molar-refractivity contribution in [2.45, 2.75) is 32.1 Å². The lowest BCUT2D eigenvalue weighted by Crippen LogP contribution is -2.61. The minimum absolute atomic E-state index is 0.0976. The van der Waals surface area contributed by atoms with E-state index in [1.807, 2.05) is 0 Å². The van der Waals surface area contributed by atoms with Crippen LogP contribution in [0.25, 0.3) is 0 Å². The van der Waals surface area contributed by atoms with Crippen molar-refractivity contribution in [2.24, 2.45) is 17.3 Å².